The number of hydrogen-bond donors (Lipinski definition) is 1. The number of hydrogen-bond acceptors (Lipinski definition) is 3. The molecular formula is C12H18INO2. The van der Waals surface area contributed by atoms with Crippen LogP contribution < -0.4 is 10.5 Å². The Bertz CT molecular complexity index is 353. The maximum Gasteiger partial charge on any atom is 0.132 e. The highest BCUT2D eigenvalue weighted by atomic mass is 127. The van der Waals surface area contributed by atoms with E-state index in [0.29, 0.717) is 6.61 Å². The SMILES string of the molecule is COC(C)(C)CCOc1ccc(N)cc1I. The molecule has 1 aromatic carbocycles. The van der Waals surface area contributed by atoms with E-state index in [1.165, 1.54) is 0 Å². The quantitative estimate of drug-likeness (QED) is 0.664. The molecule has 90 valence electrons. The van der Waals surface area contributed by atoms with Gasteiger partial charge in [0.15, 0.2) is 0 Å². The minimum atomic E-state index is -0.140. The third kappa shape index (κ3) is 4.17. The Hall–Kier alpha value is -0.490. The van der Waals surface area contributed by atoms with E-state index in [-0.39, 0.29) is 5.60 Å². The molecule has 16 heavy (non-hydrogen) atoms. The van der Waals surface area contributed by atoms with Crippen LogP contribution in [0.5, 0.6) is 5.75 Å². The van der Waals surface area contributed by atoms with Gasteiger partial charge in [0.05, 0.1) is 15.8 Å². The molecule has 0 atom stereocenters. The summed E-state index contributed by atoms with van der Waals surface area (Å²) in [6, 6.07) is 5.65. The highest BCUT2D eigenvalue weighted by Gasteiger charge is 2.16. The van der Waals surface area contributed by atoms with Gasteiger partial charge in [-0.1, -0.05) is 0 Å². The zero-order valence-electron chi connectivity index (χ0n) is 9.92. The summed E-state index contributed by atoms with van der Waals surface area (Å²) in [6.45, 7) is 4.73. The zero-order valence-corrected chi connectivity index (χ0v) is 12.1. The minimum Gasteiger partial charge on any atom is -0.492 e. The lowest BCUT2D eigenvalue weighted by Gasteiger charge is -2.22. The van der Waals surface area contributed by atoms with Crippen molar-refractivity contribution in [2.75, 3.05) is 19.5 Å². The van der Waals surface area contributed by atoms with Crippen molar-refractivity contribution in [3.05, 3.63) is 21.8 Å². The van der Waals surface area contributed by atoms with Crippen LogP contribution in [0.1, 0.15) is 20.3 Å². The summed E-state index contributed by atoms with van der Waals surface area (Å²) in [7, 11) is 1.72. The van der Waals surface area contributed by atoms with Crippen LogP contribution in [0.2, 0.25) is 0 Å². The molecule has 0 aliphatic rings. The van der Waals surface area contributed by atoms with Crippen molar-refractivity contribution in [2.45, 2.75) is 25.9 Å². The second-order valence-electron chi connectivity index (χ2n) is 4.25. The number of ether oxygens (including phenoxy) is 2. The molecule has 1 rings (SSSR count). The van der Waals surface area contributed by atoms with Crippen molar-refractivity contribution < 1.29 is 9.47 Å². The molecular weight excluding hydrogens is 317 g/mol. The first-order valence-electron chi connectivity index (χ1n) is 5.17. The van der Waals surface area contributed by atoms with Crippen molar-refractivity contribution in [1.29, 1.82) is 0 Å². The highest BCUT2D eigenvalue weighted by Crippen LogP contribution is 2.24. The van der Waals surface area contributed by atoms with E-state index < -0.39 is 0 Å². The first kappa shape index (κ1) is 13.6. The average molecular weight is 335 g/mol. The summed E-state index contributed by atoms with van der Waals surface area (Å²) < 4.78 is 12.0. The van der Waals surface area contributed by atoms with Gasteiger partial charge in [-0.25, -0.2) is 0 Å². The smallest absolute Gasteiger partial charge is 0.132 e. The van der Waals surface area contributed by atoms with Gasteiger partial charge in [-0.15, -0.1) is 0 Å². The number of methoxy groups -OCH3 is 1. The first-order valence-corrected chi connectivity index (χ1v) is 6.25. The normalized spacial score (nSPS) is 11.5. The molecule has 0 fully saturated rings. The number of nitrogens with two attached hydrogens (primary N) is 1. The van der Waals surface area contributed by atoms with Gasteiger partial charge in [0.2, 0.25) is 0 Å². The Morgan fingerprint density at radius 3 is 2.62 bits per heavy atom. The van der Waals surface area contributed by atoms with Gasteiger partial charge in [0, 0.05) is 19.2 Å². The summed E-state index contributed by atoms with van der Waals surface area (Å²) in [6.07, 6.45) is 0.851. The summed E-state index contributed by atoms with van der Waals surface area (Å²) in [5, 5.41) is 0. The number of benzene rings is 1. The Morgan fingerprint density at radius 1 is 1.38 bits per heavy atom. The molecule has 0 aliphatic carbocycles. The standard InChI is InChI=1S/C12H18INO2/c1-12(2,15-3)6-7-16-11-5-4-9(14)8-10(11)13/h4-5,8H,6-7,14H2,1-3H3. The van der Waals surface area contributed by atoms with Crippen LogP contribution in [0.15, 0.2) is 18.2 Å². The molecule has 1 aromatic rings. The van der Waals surface area contributed by atoms with Gasteiger partial charge in [-0.05, 0) is 54.6 Å². The van der Waals surface area contributed by atoms with Crippen LogP contribution in [0.3, 0.4) is 0 Å². The summed E-state index contributed by atoms with van der Waals surface area (Å²) in [5.74, 6) is 0.877. The maximum atomic E-state index is 5.69. The van der Waals surface area contributed by atoms with E-state index in [4.69, 9.17) is 15.2 Å². The fourth-order valence-corrected chi connectivity index (χ4v) is 1.84. The zero-order chi connectivity index (χ0) is 12.2. The third-order valence-corrected chi connectivity index (χ3v) is 3.31. The second-order valence-corrected chi connectivity index (χ2v) is 5.41. The predicted octanol–water partition coefficient (Wildman–Crippen LogP) is 3.07. The van der Waals surface area contributed by atoms with Crippen molar-refractivity contribution in [1.82, 2.24) is 0 Å². The molecule has 0 saturated heterocycles. The van der Waals surface area contributed by atoms with Gasteiger partial charge < -0.3 is 15.2 Å². The third-order valence-electron chi connectivity index (χ3n) is 2.47. The van der Waals surface area contributed by atoms with Crippen LogP contribution in [0.25, 0.3) is 0 Å². The lowest BCUT2D eigenvalue weighted by Crippen LogP contribution is -2.25. The average Bonchev–Trinajstić information content (AvgIpc) is 2.21. The number of nitrogen functional groups attached to an aromatic ring is 1. The summed E-state index contributed by atoms with van der Waals surface area (Å²) >= 11 is 2.22. The van der Waals surface area contributed by atoms with E-state index in [1.54, 1.807) is 7.11 Å². The molecule has 0 amide bonds. The van der Waals surface area contributed by atoms with E-state index in [2.05, 4.69) is 22.6 Å². The van der Waals surface area contributed by atoms with Crippen LogP contribution in [0, 0.1) is 3.57 Å². The van der Waals surface area contributed by atoms with Crippen molar-refractivity contribution in [3.8, 4) is 5.75 Å². The largest absolute Gasteiger partial charge is 0.492 e. The predicted molar refractivity (Wildman–Crippen MR) is 74.8 cm³/mol. The number of rotatable bonds is 5. The molecule has 0 bridgehead atoms. The Labute approximate surface area is 110 Å². The van der Waals surface area contributed by atoms with Gasteiger partial charge in [-0.3, -0.25) is 0 Å². The summed E-state index contributed by atoms with van der Waals surface area (Å²) in [5.41, 5.74) is 6.29. The minimum absolute atomic E-state index is 0.140. The van der Waals surface area contributed by atoms with Crippen LogP contribution in [-0.2, 0) is 4.74 Å². The van der Waals surface area contributed by atoms with E-state index in [1.807, 2.05) is 32.0 Å². The van der Waals surface area contributed by atoms with Crippen molar-refractivity contribution in [2.24, 2.45) is 0 Å². The van der Waals surface area contributed by atoms with Crippen molar-refractivity contribution >= 4 is 28.3 Å². The fourth-order valence-electron chi connectivity index (χ4n) is 1.14. The van der Waals surface area contributed by atoms with Gasteiger partial charge in [0.25, 0.3) is 0 Å². The van der Waals surface area contributed by atoms with Crippen LogP contribution in [-0.4, -0.2) is 19.3 Å². The molecule has 0 unspecified atom stereocenters. The highest BCUT2D eigenvalue weighted by molar-refractivity contribution is 14.1. The first-order chi connectivity index (χ1) is 7.44. The van der Waals surface area contributed by atoms with Gasteiger partial charge >= 0.3 is 0 Å². The van der Waals surface area contributed by atoms with Crippen LogP contribution >= 0.6 is 22.6 Å². The second kappa shape index (κ2) is 5.72. The Kier molecular flexibility index (Phi) is 4.86. The van der Waals surface area contributed by atoms with E-state index >= 15 is 0 Å². The van der Waals surface area contributed by atoms with E-state index in [9.17, 15) is 0 Å². The van der Waals surface area contributed by atoms with Crippen molar-refractivity contribution in [3.63, 3.8) is 0 Å². The lowest BCUT2D eigenvalue weighted by molar-refractivity contribution is 0.00539. The molecule has 0 heterocycles. The fraction of sp³-hybridized carbons (Fsp3) is 0.500. The topological polar surface area (TPSA) is 44.5 Å². The molecule has 0 spiro atoms. The molecule has 3 nitrogen and oxygen atoms in total. The van der Waals surface area contributed by atoms with Crippen LogP contribution in [0.4, 0.5) is 5.69 Å². The molecule has 0 radical (unpaired) electrons. The Morgan fingerprint density at radius 2 is 2.06 bits per heavy atom. The number of halogens is 1. The lowest BCUT2D eigenvalue weighted by atomic mass is 10.1. The molecule has 2 N–H and O–H groups in total. The number of anilines is 1. The maximum absolute atomic E-state index is 5.69. The Balaban J connectivity index is 2.49. The summed E-state index contributed by atoms with van der Waals surface area (Å²) in [4.78, 5) is 0. The van der Waals surface area contributed by atoms with Gasteiger partial charge in [-0.2, -0.15) is 0 Å². The molecule has 4 heteroatoms. The van der Waals surface area contributed by atoms with E-state index in [0.717, 1.165) is 21.4 Å². The molecule has 0 saturated carbocycles. The monoisotopic (exact) mass is 335 g/mol. The molecule has 0 aromatic heterocycles. The van der Waals surface area contributed by atoms with Gasteiger partial charge in [0.1, 0.15) is 5.75 Å². The molecule has 0 aliphatic heterocycles.